The number of rotatable bonds is 7. The van der Waals surface area contributed by atoms with Gasteiger partial charge < -0.3 is 10.1 Å². The Hall–Kier alpha value is -1.42. The number of hydrogen-bond donors (Lipinski definition) is 1. The molecule has 4 heteroatoms. The summed E-state index contributed by atoms with van der Waals surface area (Å²) in [6.45, 7) is 4.04. The van der Waals surface area contributed by atoms with Gasteiger partial charge in [0.15, 0.2) is 0 Å². The summed E-state index contributed by atoms with van der Waals surface area (Å²) < 4.78 is 29.4. The Morgan fingerprint density at radius 2 is 2.00 bits per heavy atom. The summed E-state index contributed by atoms with van der Waals surface area (Å²) in [5.74, 6) is 0.226. The van der Waals surface area contributed by atoms with Crippen LogP contribution in [0.4, 0.5) is 8.78 Å². The van der Waals surface area contributed by atoms with E-state index in [1.807, 2.05) is 32.1 Å². The Balaban J connectivity index is 3.03. The van der Waals surface area contributed by atoms with Crippen LogP contribution < -0.4 is 10.1 Å². The molecule has 19 heavy (non-hydrogen) atoms. The molecular weight excluding hydrogens is 248 g/mol. The maximum Gasteiger partial charge on any atom is 0.387 e. The lowest BCUT2D eigenvalue weighted by atomic mass is 10.0. The Labute approximate surface area is 113 Å². The molecule has 0 saturated heterocycles. The molecule has 1 aromatic rings. The van der Waals surface area contributed by atoms with Crippen molar-refractivity contribution >= 4 is 0 Å². The first-order valence-electron chi connectivity index (χ1n) is 6.46. The third kappa shape index (κ3) is 5.39. The average Bonchev–Trinajstić information content (AvgIpc) is 2.34. The van der Waals surface area contributed by atoms with Crippen molar-refractivity contribution in [2.75, 3.05) is 6.54 Å². The van der Waals surface area contributed by atoms with Crippen LogP contribution in [0.15, 0.2) is 35.9 Å². The summed E-state index contributed by atoms with van der Waals surface area (Å²) >= 11 is 0. The fourth-order valence-electron chi connectivity index (χ4n) is 1.83. The highest BCUT2D eigenvalue weighted by Crippen LogP contribution is 2.28. The monoisotopic (exact) mass is 269 g/mol. The molecule has 0 radical (unpaired) electrons. The maximum atomic E-state index is 12.4. The average molecular weight is 269 g/mol. The Morgan fingerprint density at radius 1 is 1.32 bits per heavy atom. The lowest BCUT2D eigenvalue weighted by molar-refractivity contribution is -0.0506. The van der Waals surface area contributed by atoms with Crippen molar-refractivity contribution < 1.29 is 13.5 Å². The molecule has 0 heterocycles. The zero-order chi connectivity index (χ0) is 14.3. The molecule has 0 aromatic heterocycles. The second-order valence-electron chi connectivity index (χ2n) is 4.59. The molecule has 2 nitrogen and oxygen atoms in total. The summed E-state index contributed by atoms with van der Waals surface area (Å²) in [7, 11) is 0. The van der Waals surface area contributed by atoms with Gasteiger partial charge in [-0.3, -0.25) is 0 Å². The van der Waals surface area contributed by atoms with Gasteiger partial charge in [-0.15, -0.1) is 0 Å². The van der Waals surface area contributed by atoms with Gasteiger partial charge >= 0.3 is 6.61 Å². The standard InChI is InChI=1S/C15H21F2NO/c1-4-9-18-13(10-11(2)3)12-7-5-6-8-14(12)19-15(16)17/h5-8,10,13,15,18H,4,9H2,1-3H3. The maximum absolute atomic E-state index is 12.4. The van der Waals surface area contributed by atoms with Crippen LogP contribution in [-0.4, -0.2) is 13.2 Å². The topological polar surface area (TPSA) is 21.3 Å². The van der Waals surface area contributed by atoms with Gasteiger partial charge in [0.1, 0.15) is 5.75 Å². The van der Waals surface area contributed by atoms with Crippen molar-refractivity contribution in [3.8, 4) is 5.75 Å². The molecule has 1 atom stereocenters. The van der Waals surface area contributed by atoms with Crippen LogP contribution >= 0.6 is 0 Å². The zero-order valence-corrected chi connectivity index (χ0v) is 11.6. The first-order chi connectivity index (χ1) is 9.04. The molecule has 0 amide bonds. The highest BCUT2D eigenvalue weighted by Gasteiger charge is 2.15. The quantitative estimate of drug-likeness (QED) is 0.745. The Bertz CT molecular complexity index is 414. The van der Waals surface area contributed by atoms with Crippen LogP contribution in [-0.2, 0) is 0 Å². The van der Waals surface area contributed by atoms with E-state index in [0.717, 1.165) is 24.1 Å². The van der Waals surface area contributed by atoms with E-state index < -0.39 is 6.61 Å². The fraction of sp³-hybridized carbons (Fsp3) is 0.467. The van der Waals surface area contributed by atoms with E-state index in [9.17, 15) is 8.78 Å². The molecule has 0 fully saturated rings. The molecular formula is C15H21F2NO. The van der Waals surface area contributed by atoms with Crippen LogP contribution in [0, 0.1) is 0 Å². The van der Waals surface area contributed by atoms with E-state index in [1.165, 1.54) is 0 Å². The van der Waals surface area contributed by atoms with Gasteiger partial charge in [-0.1, -0.05) is 36.8 Å². The summed E-state index contributed by atoms with van der Waals surface area (Å²) in [6.07, 6.45) is 2.99. The molecule has 0 aliphatic heterocycles. The number of hydrogen-bond acceptors (Lipinski definition) is 2. The number of allylic oxidation sites excluding steroid dienone is 1. The van der Waals surface area contributed by atoms with Gasteiger partial charge in [0.2, 0.25) is 0 Å². The van der Waals surface area contributed by atoms with E-state index in [4.69, 9.17) is 0 Å². The summed E-state index contributed by atoms with van der Waals surface area (Å²) in [5, 5.41) is 3.33. The predicted molar refractivity (Wildman–Crippen MR) is 73.5 cm³/mol. The summed E-state index contributed by atoms with van der Waals surface area (Å²) in [5.41, 5.74) is 1.86. The van der Waals surface area contributed by atoms with Crippen molar-refractivity contribution in [3.05, 3.63) is 41.5 Å². The Morgan fingerprint density at radius 3 is 2.58 bits per heavy atom. The molecule has 0 aliphatic rings. The Kier molecular flexibility index (Phi) is 6.50. The number of alkyl halides is 2. The first kappa shape index (κ1) is 15.6. The van der Waals surface area contributed by atoms with Gasteiger partial charge in [0, 0.05) is 5.56 Å². The molecule has 1 unspecified atom stereocenters. The lowest BCUT2D eigenvalue weighted by Crippen LogP contribution is -2.21. The molecule has 1 aromatic carbocycles. The lowest BCUT2D eigenvalue weighted by Gasteiger charge is -2.19. The second kappa shape index (κ2) is 7.89. The van der Waals surface area contributed by atoms with Gasteiger partial charge in [-0.05, 0) is 32.9 Å². The van der Waals surface area contributed by atoms with Crippen molar-refractivity contribution in [1.82, 2.24) is 5.32 Å². The van der Waals surface area contributed by atoms with Gasteiger partial charge in [-0.25, -0.2) is 0 Å². The number of nitrogens with one attached hydrogen (secondary N) is 1. The SMILES string of the molecule is CCCNC(C=C(C)C)c1ccccc1OC(F)F. The van der Waals surface area contributed by atoms with E-state index >= 15 is 0 Å². The van der Waals surface area contributed by atoms with E-state index in [2.05, 4.69) is 17.0 Å². The summed E-state index contributed by atoms with van der Waals surface area (Å²) in [4.78, 5) is 0. The van der Waals surface area contributed by atoms with E-state index in [-0.39, 0.29) is 11.8 Å². The normalized spacial score (nSPS) is 12.3. The second-order valence-corrected chi connectivity index (χ2v) is 4.59. The van der Waals surface area contributed by atoms with E-state index in [0.29, 0.717) is 0 Å². The van der Waals surface area contributed by atoms with Crippen molar-refractivity contribution in [2.24, 2.45) is 0 Å². The van der Waals surface area contributed by atoms with Crippen molar-refractivity contribution in [1.29, 1.82) is 0 Å². The number of benzene rings is 1. The number of halogens is 2. The third-order valence-electron chi connectivity index (χ3n) is 2.58. The zero-order valence-electron chi connectivity index (χ0n) is 11.6. The molecule has 1 N–H and O–H groups in total. The van der Waals surface area contributed by atoms with Gasteiger partial charge in [-0.2, -0.15) is 8.78 Å². The third-order valence-corrected chi connectivity index (χ3v) is 2.58. The van der Waals surface area contributed by atoms with Crippen LogP contribution in [0.5, 0.6) is 5.75 Å². The van der Waals surface area contributed by atoms with Crippen molar-refractivity contribution in [2.45, 2.75) is 39.8 Å². The van der Waals surface area contributed by atoms with Crippen LogP contribution in [0.2, 0.25) is 0 Å². The number of ether oxygens (including phenoxy) is 1. The molecule has 0 saturated carbocycles. The fourth-order valence-corrected chi connectivity index (χ4v) is 1.83. The minimum absolute atomic E-state index is 0.111. The van der Waals surface area contributed by atoms with Crippen LogP contribution in [0.1, 0.15) is 38.8 Å². The molecule has 0 aliphatic carbocycles. The van der Waals surface area contributed by atoms with Crippen LogP contribution in [0.3, 0.4) is 0 Å². The van der Waals surface area contributed by atoms with Gasteiger partial charge in [0.05, 0.1) is 6.04 Å². The smallest absolute Gasteiger partial charge is 0.387 e. The highest BCUT2D eigenvalue weighted by molar-refractivity contribution is 5.38. The van der Waals surface area contributed by atoms with Crippen LogP contribution in [0.25, 0.3) is 0 Å². The predicted octanol–water partition coefficient (Wildman–Crippen LogP) is 4.29. The first-order valence-corrected chi connectivity index (χ1v) is 6.46. The number of para-hydroxylation sites is 1. The summed E-state index contributed by atoms with van der Waals surface area (Å²) in [6, 6.07) is 6.79. The molecule has 106 valence electrons. The van der Waals surface area contributed by atoms with Crippen molar-refractivity contribution in [3.63, 3.8) is 0 Å². The molecule has 0 bridgehead atoms. The largest absolute Gasteiger partial charge is 0.434 e. The van der Waals surface area contributed by atoms with Gasteiger partial charge in [0.25, 0.3) is 0 Å². The molecule has 0 spiro atoms. The minimum Gasteiger partial charge on any atom is -0.434 e. The highest BCUT2D eigenvalue weighted by atomic mass is 19.3. The molecule has 1 rings (SSSR count). The van der Waals surface area contributed by atoms with E-state index in [1.54, 1.807) is 12.1 Å². The minimum atomic E-state index is -2.81.